The van der Waals surface area contributed by atoms with Crippen molar-refractivity contribution in [3.05, 3.63) is 47.5 Å². The van der Waals surface area contributed by atoms with Crippen molar-refractivity contribution in [1.29, 1.82) is 0 Å². The molecule has 9 nitrogen and oxygen atoms in total. The number of hydrogen-bond donors (Lipinski definition) is 2. The van der Waals surface area contributed by atoms with Gasteiger partial charge in [0, 0.05) is 42.0 Å². The van der Waals surface area contributed by atoms with Crippen LogP contribution < -0.4 is 15.5 Å². The highest BCUT2D eigenvalue weighted by atomic mass is 16.2. The van der Waals surface area contributed by atoms with Gasteiger partial charge in [-0.15, -0.1) is 0 Å². The van der Waals surface area contributed by atoms with Crippen molar-refractivity contribution in [2.45, 2.75) is 46.0 Å². The normalized spacial score (nSPS) is 18.5. The fourth-order valence-electron chi connectivity index (χ4n) is 4.10. The van der Waals surface area contributed by atoms with Gasteiger partial charge in [0.15, 0.2) is 11.6 Å². The van der Waals surface area contributed by atoms with Gasteiger partial charge in [-0.25, -0.2) is 14.6 Å². The molecule has 1 amide bonds. The molecular formula is C24H27N7O2. The number of ketones is 1. The molecule has 9 heteroatoms. The van der Waals surface area contributed by atoms with Crippen LogP contribution >= 0.6 is 0 Å². The third-order valence-corrected chi connectivity index (χ3v) is 6.17. The number of carbonyl (C=O) groups is 2. The van der Waals surface area contributed by atoms with E-state index in [0.717, 1.165) is 35.6 Å². The second-order valence-corrected chi connectivity index (χ2v) is 8.54. The minimum absolute atomic E-state index is 0.00550. The number of rotatable bonds is 6. The van der Waals surface area contributed by atoms with E-state index in [0.29, 0.717) is 11.5 Å². The number of aromatic nitrogens is 4. The zero-order valence-corrected chi connectivity index (χ0v) is 18.7. The summed E-state index contributed by atoms with van der Waals surface area (Å²) in [6.07, 6.45) is 3.99. The molecule has 3 aromatic rings. The van der Waals surface area contributed by atoms with Crippen molar-refractivity contribution in [3.8, 4) is 5.69 Å². The van der Waals surface area contributed by atoms with Crippen LogP contribution in [0, 0.1) is 12.8 Å². The van der Waals surface area contributed by atoms with E-state index in [1.807, 2.05) is 30.8 Å². The fraction of sp³-hybridized carbons (Fsp3) is 0.375. The van der Waals surface area contributed by atoms with Gasteiger partial charge in [0.25, 0.3) is 0 Å². The van der Waals surface area contributed by atoms with E-state index in [9.17, 15) is 9.59 Å². The average Bonchev–Trinajstić information content (AvgIpc) is 3.58. The Bertz CT molecular complexity index is 1360. The smallest absolute Gasteiger partial charge is 0.228 e. The first-order valence-corrected chi connectivity index (χ1v) is 10.9. The summed E-state index contributed by atoms with van der Waals surface area (Å²) in [6, 6.07) is 5.46. The highest BCUT2D eigenvalue weighted by molar-refractivity contribution is 6.03. The molecule has 0 spiro atoms. The third kappa shape index (κ3) is 3.73. The molecule has 0 aromatic carbocycles. The number of amides is 1. The minimum atomic E-state index is -2.43. The molecule has 1 atom stereocenters. The van der Waals surface area contributed by atoms with Gasteiger partial charge < -0.3 is 15.5 Å². The van der Waals surface area contributed by atoms with Gasteiger partial charge in [0.1, 0.15) is 11.5 Å². The first-order chi connectivity index (χ1) is 17.0. The minimum Gasteiger partial charge on any atom is -0.362 e. The summed E-state index contributed by atoms with van der Waals surface area (Å²) in [5.74, 6) is 0.0114. The van der Waals surface area contributed by atoms with Crippen LogP contribution in [-0.2, 0) is 4.79 Å². The SMILES string of the molecule is [2H]C([2H])([2H])CC(=O)c1cnc(NC(=O)C2CC2)cc1Nc1nccc2c1N(C)[C@H](C)c1cc(C)nn1-2. The molecule has 1 aliphatic carbocycles. The average molecular weight is 449 g/mol. The molecule has 5 rings (SSSR count). The van der Waals surface area contributed by atoms with Crippen LogP contribution in [0.4, 0.5) is 23.0 Å². The largest absolute Gasteiger partial charge is 0.362 e. The number of Topliss-reactive ketones (excluding diaryl/α,β-unsaturated/α-hetero) is 1. The van der Waals surface area contributed by atoms with E-state index in [4.69, 9.17) is 4.11 Å². The molecule has 1 fully saturated rings. The highest BCUT2D eigenvalue weighted by Crippen LogP contribution is 2.42. The van der Waals surface area contributed by atoms with Gasteiger partial charge >= 0.3 is 0 Å². The quantitative estimate of drug-likeness (QED) is 0.545. The number of hydrogen-bond acceptors (Lipinski definition) is 7. The Morgan fingerprint density at radius 3 is 2.85 bits per heavy atom. The van der Waals surface area contributed by atoms with E-state index in [1.165, 1.54) is 6.20 Å². The lowest BCUT2D eigenvalue weighted by Gasteiger charge is -2.35. The Morgan fingerprint density at radius 1 is 1.27 bits per heavy atom. The second kappa shape index (κ2) is 7.99. The van der Waals surface area contributed by atoms with E-state index < -0.39 is 19.1 Å². The van der Waals surface area contributed by atoms with Gasteiger partial charge in [-0.1, -0.05) is 6.85 Å². The molecule has 1 saturated carbocycles. The predicted molar refractivity (Wildman–Crippen MR) is 126 cm³/mol. The summed E-state index contributed by atoms with van der Waals surface area (Å²) < 4.78 is 24.5. The summed E-state index contributed by atoms with van der Waals surface area (Å²) in [5.41, 5.74) is 3.96. The summed E-state index contributed by atoms with van der Waals surface area (Å²) in [6.45, 7) is 1.58. The Labute approximate surface area is 196 Å². The molecule has 2 aliphatic rings. The van der Waals surface area contributed by atoms with E-state index in [-0.39, 0.29) is 29.2 Å². The zero-order valence-electron chi connectivity index (χ0n) is 21.7. The molecule has 4 heterocycles. The number of carbonyl (C=O) groups excluding carboxylic acids is 2. The second-order valence-electron chi connectivity index (χ2n) is 8.54. The standard InChI is InChI=1S/C24H27N7O2/c1-5-20(32)16-12-26-21(28-24(33)15-6-7-15)11-17(16)27-23-22-18(8-9-25-23)31-19(10-13(2)29-31)14(3)30(22)4/h8-12,14-15H,5-7H2,1-4H3,(H2,25,26,27,28,33)/t14-/m1/s1/i1D3. The lowest BCUT2D eigenvalue weighted by atomic mass is 10.1. The monoisotopic (exact) mass is 448 g/mol. The van der Waals surface area contributed by atoms with Crippen LogP contribution in [0.25, 0.3) is 5.69 Å². The molecule has 3 aromatic heterocycles. The lowest BCUT2D eigenvalue weighted by molar-refractivity contribution is -0.117. The Balaban J connectivity index is 1.56. The first-order valence-electron chi connectivity index (χ1n) is 12.4. The van der Waals surface area contributed by atoms with Crippen LogP contribution in [-0.4, -0.2) is 38.5 Å². The summed E-state index contributed by atoms with van der Waals surface area (Å²) >= 11 is 0. The van der Waals surface area contributed by atoms with Gasteiger partial charge in [-0.3, -0.25) is 9.59 Å². The molecule has 0 radical (unpaired) electrons. The van der Waals surface area contributed by atoms with Crippen LogP contribution in [0.1, 0.15) is 64.9 Å². The molecule has 33 heavy (non-hydrogen) atoms. The highest BCUT2D eigenvalue weighted by Gasteiger charge is 2.31. The molecule has 0 bridgehead atoms. The van der Waals surface area contributed by atoms with Gasteiger partial charge in [-0.2, -0.15) is 5.10 Å². The third-order valence-electron chi connectivity index (χ3n) is 6.17. The maximum Gasteiger partial charge on any atom is 0.228 e. The van der Waals surface area contributed by atoms with Gasteiger partial charge in [-0.05, 0) is 38.8 Å². The number of anilines is 4. The molecule has 2 N–H and O–H groups in total. The van der Waals surface area contributed by atoms with Gasteiger partial charge in [0.05, 0.1) is 34.4 Å². The fourth-order valence-corrected chi connectivity index (χ4v) is 4.10. The number of nitrogens with zero attached hydrogens (tertiary/aromatic N) is 5. The number of aryl methyl sites for hydroxylation is 1. The number of fused-ring (bicyclic) bond motifs is 3. The summed E-state index contributed by atoms with van der Waals surface area (Å²) in [7, 11) is 1.96. The van der Waals surface area contributed by atoms with Crippen LogP contribution in [0.5, 0.6) is 0 Å². The molecule has 0 unspecified atom stereocenters. The van der Waals surface area contributed by atoms with Crippen LogP contribution in [0.2, 0.25) is 0 Å². The van der Waals surface area contributed by atoms with Crippen molar-refractivity contribution in [2.75, 3.05) is 22.6 Å². The van der Waals surface area contributed by atoms with Crippen molar-refractivity contribution in [2.24, 2.45) is 5.92 Å². The summed E-state index contributed by atoms with van der Waals surface area (Å²) in [5, 5.41) is 10.6. The van der Waals surface area contributed by atoms with Gasteiger partial charge in [0.2, 0.25) is 5.91 Å². The molecular weight excluding hydrogens is 418 g/mol. The first kappa shape index (κ1) is 17.8. The number of pyridine rings is 2. The predicted octanol–water partition coefficient (Wildman–Crippen LogP) is 4.17. The molecule has 1 aliphatic heterocycles. The van der Waals surface area contributed by atoms with E-state index in [2.05, 4.69) is 37.5 Å². The van der Waals surface area contributed by atoms with Crippen molar-refractivity contribution in [1.82, 2.24) is 19.7 Å². The Kier molecular flexibility index (Phi) is 4.30. The summed E-state index contributed by atoms with van der Waals surface area (Å²) in [4.78, 5) is 36.0. The maximum atomic E-state index is 12.9. The van der Waals surface area contributed by atoms with Crippen molar-refractivity contribution >= 4 is 34.7 Å². The van der Waals surface area contributed by atoms with Crippen molar-refractivity contribution < 1.29 is 13.7 Å². The van der Waals surface area contributed by atoms with E-state index in [1.54, 1.807) is 12.3 Å². The Morgan fingerprint density at radius 2 is 2.09 bits per heavy atom. The zero-order chi connectivity index (χ0) is 25.8. The van der Waals surface area contributed by atoms with Crippen LogP contribution in [0.3, 0.4) is 0 Å². The Hall–Kier alpha value is -3.75. The van der Waals surface area contributed by atoms with Crippen molar-refractivity contribution in [3.63, 3.8) is 0 Å². The van der Waals surface area contributed by atoms with E-state index >= 15 is 0 Å². The molecule has 170 valence electrons. The maximum absolute atomic E-state index is 12.9. The lowest BCUT2D eigenvalue weighted by Crippen LogP contribution is -2.30. The van der Waals surface area contributed by atoms with Crippen LogP contribution in [0.15, 0.2) is 30.6 Å². The number of nitrogens with one attached hydrogen (secondary N) is 2. The topological polar surface area (TPSA) is 105 Å². The molecule has 0 saturated heterocycles.